The molecule has 3 atom stereocenters. The van der Waals surface area contributed by atoms with Crippen molar-refractivity contribution in [1.82, 2.24) is 14.8 Å². The molecule has 2 aliphatic heterocycles. The molecule has 0 bridgehead atoms. The Morgan fingerprint density at radius 3 is 2.67 bits per heavy atom. The SMILES string of the molecule is CC(C)(C)OC(=O)N1CC(OC(=O)c2cccnc2)CC1C(=O)N1CCC[C@H]1C#N. The molecular formula is C21H26N4O5. The average Bonchev–Trinajstić information content (AvgIpc) is 3.33. The van der Waals surface area contributed by atoms with E-state index in [1.54, 1.807) is 39.1 Å². The van der Waals surface area contributed by atoms with Crippen LogP contribution in [0.25, 0.3) is 0 Å². The minimum absolute atomic E-state index is 0.0440. The number of rotatable bonds is 3. The third-order valence-electron chi connectivity index (χ3n) is 5.03. The third kappa shape index (κ3) is 4.87. The lowest BCUT2D eigenvalue weighted by atomic mass is 10.1. The zero-order valence-corrected chi connectivity index (χ0v) is 17.4. The van der Waals surface area contributed by atoms with Gasteiger partial charge in [-0.05, 0) is 45.7 Å². The van der Waals surface area contributed by atoms with E-state index in [1.807, 2.05) is 0 Å². The average molecular weight is 414 g/mol. The summed E-state index contributed by atoms with van der Waals surface area (Å²) in [5.74, 6) is -0.883. The normalized spacial score (nSPS) is 23.7. The second-order valence-electron chi connectivity index (χ2n) is 8.47. The van der Waals surface area contributed by atoms with Crippen molar-refractivity contribution in [2.45, 2.75) is 63.8 Å². The van der Waals surface area contributed by atoms with Crippen molar-refractivity contribution in [1.29, 1.82) is 5.26 Å². The molecule has 0 radical (unpaired) electrons. The minimum Gasteiger partial charge on any atom is -0.457 e. The molecule has 1 aromatic rings. The maximum Gasteiger partial charge on any atom is 0.411 e. The Kier molecular flexibility index (Phi) is 6.25. The zero-order chi connectivity index (χ0) is 21.9. The fraction of sp³-hybridized carbons (Fsp3) is 0.571. The lowest BCUT2D eigenvalue weighted by Gasteiger charge is -2.30. The monoisotopic (exact) mass is 414 g/mol. The number of esters is 1. The maximum absolute atomic E-state index is 13.2. The molecule has 0 aromatic carbocycles. The summed E-state index contributed by atoms with van der Waals surface area (Å²) in [5, 5.41) is 9.33. The summed E-state index contributed by atoms with van der Waals surface area (Å²) in [6.07, 6.45) is 3.14. The smallest absolute Gasteiger partial charge is 0.411 e. The molecular weight excluding hydrogens is 388 g/mol. The number of amides is 2. The number of pyridine rings is 1. The molecule has 3 rings (SSSR count). The van der Waals surface area contributed by atoms with Crippen LogP contribution in [0.1, 0.15) is 50.4 Å². The van der Waals surface area contributed by atoms with Gasteiger partial charge in [-0.25, -0.2) is 9.59 Å². The fourth-order valence-electron chi connectivity index (χ4n) is 3.70. The fourth-order valence-corrected chi connectivity index (χ4v) is 3.70. The number of likely N-dealkylation sites (tertiary alicyclic amines) is 2. The first-order chi connectivity index (χ1) is 14.2. The summed E-state index contributed by atoms with van der Waals surface area (Å²) in [7, 11) is 0. The molecule has 9 nitrogen and oxygen atoms in total. The summed E-state index contributed by atoms with van der Waals surface area (Å²) < 4.78 is 11.0. The van der Waals surface area contributed by atoms with Gasteiger partial charge in [-0.2, -0.15) is 5.26 Å². The van der Waals surface area contributed by atoms with Crippen LogP contribution < -0.4 is 0 Å². The van der Waals surface area contributed by atoms with Gasteiger partial charge in [0, 0.05) is 25.4 Å². The number of hydrogen-bond acceptors (Lipinski definition) is 7. The van der Waals surface area contributed by atoms with E-state index in [9.17, 15) is 19.6 Å². The van der Waals surface area contributed by atoms with Gasteiger partial charge in [0.2, 0.25) is 5.91 Å². The summed E-state index contributed by atoms with van der Waals surface area (Å²) in [6.45, 7) is 5.73. The lowest BCUT2D eigenvalue weighted by molar-refractivity contribution is -0.136. The van der Waals surface area contributed by atoms with Gasteiger partial charge in [0.1, 0.15) is 23.8 Å². The minimum atomic E-state index is -0.847. The van der Waals surface area contributed by atoms with Gasteiger partial charge < -0.3 is 14.4 Å². The van der Waals surface area contributed by atoms with Crippen molar-refractivity contribution < 1.29 is 23.9 Å². The highest BCUT2D eigenvalue weighted by atomic mass is 16.6. The van der Waals surface area contributed by atoms with E-state index in [2.05, 4.69) is 11.1 Å². The first-order valence-electron chi connectivity index (χ1n) is 10.0. The van der Waals surface area contributed by atoms with Crippen LogP contribution >= 0.6 is 0 Å². The number of nitrogens with zero attached hydrogens (tertiary/aromatic N) is 4. The second kappa shape index (κ2) is 8.69. The van der Waals surface area contributed by atoms with E-state index in [4.69, 9.17) is 9.47 Å². The summed E-state index contributed by atoms with van der Waals surface area (Å²) in [6, 6.07) is 4.00. The highest BCUT2D eigenvalue weighted by molar-refractivity contribution is 5.90. The Morgan fingerprint density at radius 2 is 2.03 bits per heavy atom. The maximum atomic E-state index is 13.2. The molecule has 0 aliphatic carbocycles. The van der Waals surface area contributed by atoms with Crippen molar-refractivity contribution in [3.63, 3.8) is 0 Å². The highest BCUT2D eigenvalue weighted by Gasteiger charge is 2.46. The quantitative estimate of drug-likeness (QED) is 0.696. The zero-order valence-electron chi connectivity index (χ0n) is 17.4. The number of nitriles is 1. The highest BCUT2D eigenvalue weighted by Crippen LogP contribution is 2.28. The Labute approximate surface area is 175 Å². The van der Waals surface area contributed by atoms with Gasteiger partial charge >= 0.3 is 12.1 Å². The van der Waals surface area contributed by atoms with E-state index in [0.717, 1.165) is 6.42 Å². The molecule has 0 saturated carbocycles. The van der Waals surface area contributed by atoms with Crippen LogP contribution in [-0.2, 0) is 14.3 Å². The van der Waals surface area contributed by atoms with Crippen molar-refractivity contribution in [2.75, 3.05) is 13.1 Å². The van der Waals surface area contributed by atoms with Gasteiger partial charge in [-0.1, -0.05) is 0 Å². The molecule has 2 unspecified atom stereocenters. The predicted octanol–water partition coefficient (Wildman–Crippen LogP) is 2.13. The third-order valence-corrected chi connectivity index (χ3v) is 5.03. The van der Waals surface area contributed by atoms with Gasteiger partial charge in [0.15, 0.2) is 0 Å². The molecule has 3 heterocycles. The van der Waals surface area contributed by atoms with Crippen molar-refractivity contribution >= 4 is 18.0 Å². The number of carbonyl (C=O) groups is 3. The molecule has 30 heavy (non-hydrogen) atoms. The van der Waals surface area contributed by atoms with E-state index in [1.165, 1.54) is 16.0 Å². The summed E-state index contributed by atoms with van der Waals surface area (Å²) in [4.78, 5) is 45.1. The standard InChI is InChI=1S/C21H26N4O5/c1-21(2,3)30-20(28)25-13-16(29-19(27)14-6-4-8-23-12-14)10-17(25)18(26)24-9-5-7-15(24)11-22/h4,6,8,12,15-17H,5,7,9-10,13H2,1-3H3/t15-,16?,17?/m0/s1. The molecule has 2 saturated heterocycles. The largest absolute Gasteiger partial charge is 0.457 e. The topological polar surface area (TPSA) is 113 Å². The van der Waals surface area contributed by atoms with Crippen LogP contribution in [0, 0.1) is 11.3 Å². The van der Waals surface area contributed by atoms with Gasteiger partial charge in [-0.15, -0.1) is 0 Å². The van der Waals surface area contributed by atoms with Crippen LogP contribution in [-0.4, -0.2) is 69.6 Å². The Bertz CT molecular complexity index is 845. The number of ether oxygens (including phenoxy) is 2. The summed E-state index contributed by atoms with van der Waals surface area (Å²) in [5.41, 5.74) is -0.446. The van der Waals surface area contributed by atoms with E-state index < -0.39 is 35.9 Å². The van der Waals surface area contributed by atoms with Crippen LogP contribution in [0.15, 0.2) is 24.5 Å². The molecule has 0 N–H and O–H groups in total. The Balaban J connectivity index is 1.77. The van der Waals surface area contributed by atoms with Crippen LogP contribution in [0.5, 0.6) is 0 Å². The van der Waals surface area contributed by atoms with Crippen molar-refractivity contribution in [3.05, 3.63) is 30.1 Å². The Hall–Kier alpha value is -3.15. The predicted molar refractivity (Wildman–Crippen MR) is 105 cm³/mol. The molecule has 0 spiro atoms. The van der Waals surface area contributed by atoms with Gasteiger partial charge in [0.05, 0.1) is 18.2 Å². The number of aromatic nitrogens is 1. The van der Waals surface area contributed by atoms with Crippen LogP contribution in [0.3, 0.4) is 0 Å². The molecule has 2 aliphatic rings. The van der Waals surface area contributed by atoms with Gasteiger partial charge in [0.25, 0.3) is 0 Å². The Morgan fingerprint density at radius 1 is 1.27 bits per heavy atom. The lowest BCUT2D eigenvalue weighted by Crippen LogP contribution is -2.50. The van der Waals surface area contributed by atoms with Crippen molar-refractivity contribution in [2.24, 2.45) is 0 Å². The summed E-state index contributed by atoms with van der Waals surface area (Å²) >= 11 is 0. The van der Waals surface area contributed by atoms with Crippen LogP contribution in [0.4, 0.5) is 4.79 Å². The molecule has 2 fully saturated rings. The first-order valence-corrected chi connectivity index (χ1v) is 10.0. The van der Waals surface area contributed by atoms with E-state index in [-0.39, 0.29) is 18.9 Å². The van der Waals surface area contributed by atoms with Gasteiger partial charge in [-0.3, -0.25) is 14.7 Å². The number of hydrogen-bond donors (Lipinski definition) is 0. The first kappa shape index (κ1) is 21.6. The van der Waals surface area contributed by atoms with E-state index in [0.29, 0.717) is 18.5 Å². The molecule has 2 amide bonds. The number of carbonyl (C=O) groups excluding carboxylic acids is 3. The molecule has 1 aromatic heterocycles. The van der Waals surface area contributed by atoms with Crippen LogP contribution in [0.2, 0.25) is 0 Å². The molecule has 160 valence electrons. The van der Waals surface area contributed by atoms with Crippen molar-refractivity contribution in [3.8, 4) is 6.07 Å². The van der Waals surface area contributed by atoms with E-state index >= 15 is 0 Å². The molecule has 9 heteroatoms. The second-order valence-corrected chi connectivity index (χ2v) is 8.47.